The predicted octanol–water partition coefficient (Wildman–Crippen LogP) is 3.32. The molecule has 0 amide bonds. The van der Waals surface area contributed by atoms with Crippen LogP contribution < -0.4 is 9.47 Å². The zero-order valence-electron chi connectivity index (χ0n) is 12.9. The van der Waals surface area contributed by atoms with E-state index in [1.165, 1.54) is 17.5 Å². The molecule has 1 aliphatic carbocycles. The second-order valence-corrected chi connectivity index (χ2v) is 5.06. The number of rotatable bonds is 5. The minimum Gasteiger partial charge on any atom is -0.493 e. The van der Waals surface area contributed by atoms with E-state index in [1.807, 2.05) is 6.07 Å². The molecule has 0 aromatic heterocycles. The van der Waals surface area contributed by atoms with Crippen LogP contribution in [0.25, 0.3) is 0 Å². The summed E-state index contributed by atoms with van der Waals surface area (Å²) >= 11 is 0. The number of methoxy groups -OCH3 is 2. The smallest absolute Gasteiger partial charge is 0.164 e. The topological polar surface area (TPSA) is 21.7 Å². The van der Waals surface area contributed by atoms with Crippen LogP contribution in [0.5, 0.6) is 11.5 Å². The second-order valence-electron chi connectivity index (χ2n) is 5.06. The standard InChI is InChI=1S/C16H25NO2.ClH/c1-5-17(6-2)13-8-9-14-12(11-13)7-10-15(18-3)16(14)19-4;/h7,10,13H,5-6,8-9,11H2,1-4H3;1H. The minimum atomic E-state index is 0. The lowest BCUT2D eigenvalue weighted by Gasteiger charge is -2.34. The fourth-order valence-electron chi connectivity index (χ4n) is 3.22. The molecule has 0 heterocycles. The van der Waals surface area contributed by atoms with Gasteiger partial charge in [-0.15, -0.1) is 12.4 Å². The average molecular weight is 300 g/mol. The number of ether oxygens (including phenoxy) is 2. The lowest BCUT2D eigenvalue weighted by molar-refractivity contribution is 0.197. The van der Waals surface area contributed by atoms with Crippen molar-refractivity contribution in [3.63, 3.8) is 0 Å². The Morgan fingerprint density at radius 3 is 2.40 bits per heavy atom. The maximum absolute atomic E-state index is 5.54. The van der Waals surface area contributed by atoms with Gasteiger partial charge in [-0.3, -0.25) is 0 Å². The van der Waals surface area contributed by atoms with E-state index < -0.39 is 0 Å². The molecule has 1 aromatic rings. The van der Waals surface area contributed by atoms with Gasteiger partial charge < -0.3 is 14.4 Å². The number of nitrogens with zero attached hydrogens (tertiary/aromatic N) is 1. The summed E-state index contributed by atoms with van der Waals surface area (Å²) in [5.41, 5.74) is 2.76. The summed E-state index contributed by atoms with van der Waals surface area (Å²) in [5.74, 6) is 1.78. The Balaban J connectivity index is 0.00000200. The van der Waals surface area contributed by atoms with Crippen molar-refractivity contribution in [3.05, 3.63) is 23.3 Å². The Morgan fingerprint density at radius 2 is 1.85 bits per heavy atom. The number of fused-ring (bicyclic) bond motifs is 1. The Bertz CT molecular complexity index is 433. The second kappa shape index (κ2) is 7.75. The summed E-state index contributed by atoms with van der Waals surface area (Å²) in [6, 6.07) is 4.90. The quantitative estimate of drug-likeness (QED) is 0.832. The van der Waals surface area contributed by atoms with Crippen molar-refractivity contribution in [3.8, 4) is 11.5 Å². The first-order valence-corrected chi connectivity index (χ1v) is 7.21. The van der Waals surface area contributed by atoms with E-state index in [0.717, 1.165) is 37.4 Å². The lowest BCUT2D eigenvalue weighted by Crippen LogP contribution is -2.39. The number of hydrogen-bond donors (Lipinski definition) is 0. The molecule has 0 N–H and O–H groups in total. The van der Waals surface area contributed by atoms with Gasteiger partial charge in [0.2, 0.25) is 0 Å². The van der Waals surface area contributed by atoms with Gasteiger partial charge in [0.25, 0.3) is 0 Å². The van der Waals surface area contributed by atoms with Crippen LogP contribution in [0, 0.1) is 0 Å². The van der Waals surface area contributed by atoms with E-state index in [-0.39, 0.29) is 12.4 Å². The minimum absolute atomic E-state index is 0. The largest absolute Gasteiger partial charge is 0.493 e. The summed E-state index contributed by atoms with van der Waals surface area (Å²) in [7, 11) is 3.43. The molecule has 1 aromatic carbocycles. The van der Waals surface area contributed by atoms with E-state index in [2.05, 4.69) is 24.8 Å². The van der Waals surface area contributed by atoms with Crippen molar-refractivity contribution in [2.45, 2.75) is 39.2 Å². The van der Waals surface area contributed by atoms with Crippen LogP contribution in [-0.2, 0) is 12.8 Å². The Labute approximate surface area is 128 Å². The molecule has 2 rings (SSSR count). The van der Waals surface area contributed by atoms with Crippen LogP contribution in [-0.4, -0.2) is 38.3 Å². The van der Waals surface area contributed by atoms with E-state index in [9.17, 15) is 0 Å². The molecule has 0 aliphatic heterocycles. The highest BCUT2D eigenvalue weighted by Gasteiger charge is 2.26. The van der Waals surface area contributed by atoms with Gasteiger partial charge in [0.1, 0.15) is 0 Å². The molecule has 114 valence electrons. The van der Waals surface area contributed by atoms with Gasteiger partial charge in [0.15, 0.2) is 11.5 Å². The van der Waals surface area contributed by atoms with Gasteiger partial charge in [-0.2, -0.15) is 0 Å². The van der Waals surface area contributed by atoms with Gasteiger partial charge in [-0.25, -0.2) is 0 Å². The molecule has 0 spiro atoms. The number of benzene rings is 1. The van der Waals surface area contributed by atoms with Crippen molar-refractivity contribution in [2.75, 3.05) is 27.3 Å². The fraction of sp³-hybridized carbons (Fsp3) is 0.625. The van der Waals surface area contributed by atoms with E-state index >= 15 is 0 Å². The molecule has 20 heavy (non-hydrogen) atoms. The maximum Gasteiger partial charge on any atom is 0.164 e. The van der Waals surface area contributed by atoms with Crippen molar-refractivity contribution in [2.24, 2.45) is 0 Å². The average Bonchev–Trinajstić information content (AvgIpc) is 2.47. The number of halogens is 1. The SMILES string of the molecule is CCN(CC)C1CCc2c(ccc(OC)c2OC)C1.Cl. The molecular formula is C16H26ClNO2. The maximum atomic E-state index is 5.54. The summed E-state index contributed by atoms with van der Waals surface area (Å²) in [6.45, 7) is 6.74. The first-order valence-electron chi connectivity index (χ1n) is 7.21. The van der Waals surface area contributed by atoms with Crippen LogP contribution in [0.1, 0.15) is 31.4 Å². The lowest BCUT2D eigenvalue weighted by atomic mass is 9.86. The Kier molecular flexibility index (Phi) is 6.63. The van der Waals surface area contributed by atoms with Crippen molar-refractivity contribution < 1.29 is 9.47 Å². The summed E-state index contributed by atoms with van der Waals surface area (Å²) in [5, 5.41) is 0. The number of hydrogen-bond acceptors (Lipinski definition) is 3. The molecular weight excluding hydrogens is 274 g/mol. The van der Waals surface area contributed by atoms with Crippen molar-refractivity contribution in [1.29, 1.82) is 0 Å². The number of likely N-dealkylation sites (N-methyl/N-ethyl adjacent to an activating group) is 1. The van der Waals surface area contributed by atoms with Crippen molar-refractivity contribution in [1.82, 2.24) is 4.90 Å². The van der Waals surface area contributed by atoms with Gasteiger partial charge >= 0.3 is 0 Å². The molecule has 0 bridgehead atoms. The molecule has 1 unspecified atom stereocenters. The van der Waals surface area contributed by atoms with Crippen LogP contribution >= 0.6 is 12.4 Å². The highest BCUT2D eigenvalue weighted by atomic mass is 35.5. The molecule has 1 aliphatic rings. The summed E-state index contributed by atoms with van der Waals surface area (Å²) in [6.07, 6.45) is 3.41. The monoisotopic (exact) mass is 299 g/mol. The van der Waals surface area contributed by atoms with Gasteiger partial charge in [0, 0.05) is 11.6 Å². The van der Waals surface area contributed by atoms with E-state index in [4.69, 9.17) is 9.47 Å². The van der Waals surface area contributed by atoms with Gasteiger partial charge in [-0.1, -0.05) is 19.9 Å². The van der Waals surface area contributed by atoms with E-state index in [1.54, 1.807) is 14.2 Å². The normalized spacial score (nSPS) is 17.4. The third-order valence-corrected chi connectivity index (χ3v) is 4.26. The van der Waals surface area contributed by atoms with E-state index in [0.29, 0.717) is 6.04 Å². The summed E-state index contributed by atoms with van der Waals surface area (Å²) in [4.78, 5) is 2.56. The fourth-order valence-corrected chi connectivity index (χ4v) is 3.22. The van der Waals surface area contributed by atoms with Crippen molar-refractivity contribution >= 4 is 12.4 Å². The predicted molar refractivity (Wildman–Crippen MR) is 85.5 cm³/mol. The third-order valence-electron chi connectivity index (χ3n) is 4.26. The molecule has 0 saturated carbocycles. The zero-order chi connectivity index (χ0) is 13.8. The van der Waals surface area contributed by atoms with Crippen LogP contribution in [0.2, 0.25) is 0 Å². The molecule has 0 radical (unpaired) electrons. The Morgan fingerprint density at radius 1 is 1.15 bits per heavy atom. The first-order chi connectivity index (χ1) is 9.24. The molecule has 1 atom stereocenters. The van der Waals surface area contributed by atoms with Gasteiger partial charge in [-0.05, 0) is 44.0 Å². The van der Waals surface area contributed by atoms with Crippen LogP contribution in [0.3, 0.4) is 0 Å². The highest BCUT2D eigenvalue weighted by Crippen LogP contribution is 2.38. The third kappa shape index (κ3) is 3.21. The molecule has 0 saturated heterocycles. The molecule has 0 fully saturated rings. The van der Waals surface area contributed by atoms with Crippen LogP contribution in [0.4, 0.5) is 0 Å². The zero-order valence-corrected chi connectivity index (χ0v) is 13.8. The summed E-state index contributed by atoms with van der Waals surface area (Å²) < 4.78 is 10.9. The Hall–Kier alpha value is -0.930. The first kappa shape index (κ1) is 17.1. The highest BCUT2D eigenvalue weighted by molar-refractivity contribution is 5.85. The van der Waals surface area contributed by atoms with Gasteiger partial charge in [0.05, 0.1) is 14.2 Å². The van der Waals surface area contributed by atoms with Crippen LogP contribution in [0.15, 0.2) is 12.1 Å². The molecule has 3 nitrogen and oxygen atoms in total. The molecule has 4 heteroatoms.